The van der Waals surface area contributed by atoms with Crippen LogP contribution in [0.3, 0.4) is 0 Å². The molecule has 1 aliphatic rings. The van der Waals surface area contributed by atoms with Crippen molar-refractivity contribution < 1.29 is 4.39 Å². The summed E-state index contributed by atoms with van der Waals surface area (Å²) in [5.41, 5.74) is 5.13. The Kier molecular flexibility index (Phi) is 3.88. The first-order valence-corrected chi connectivity index (χ1v) is 7.48. The average molecular weight is 300 g/mol. The number of nitrogens with one attached hydrogen (secondary N) is 2. The van der Waals surface area contributed by atoms with Gasteiger partial charge in [-0.2, -0.15) is 0 Å². The summed E-state index contributed by atoms with van der Waals surface area (Å²) < 4.78 is 13.7. The van der Waals surface area contributed by atoms with Crippen molar-refractivity contribution in [3.63, 3.8) is 0 Å². The molecule has 21 heavy (non-hydrogen) atoms. The Morgan fingerprint density at radius 1 is 1.05 bits per heavy atom. The molecule has 0 amide bonds. The maximum absolute atomic E-state index is 13.7. The van der Waals surface area contributed by atoms with E-state index in [2.05, 4.69) is 22.8 Å². The minimum Gasteiger partial charge on any atom is -0.332 e. The molecule has 3 rings (SSSR count). The van der Waals surface area contributed by atoms with E-state index in [1.807, 2.05) is 13.0 Å². The van der Waals surface area contributed by atoms with Crippen LogP contribution in [0.25, 0.3) is 0 Å². The van der Waals surface area contributed by atoms with Crippen molar-refractivity contribution in [2.75, 3.05) is 10.6 Å². The highest BCUT2D eigenvalue weighted by Gasteiger charge is 2.11. The maximum Gasteiger partial charge on any atom is 0.175 e. The normalized spacial score (nSPS) is 12.9. The van der Waals surface area contributed by atoms with Crippen molar-refractivity contribution in [1.82, 2.24) is 0 Å². The Labute approximate surface area is 129 Å². The van der Waals surface area contributed by atoms with E-state index in [-0.39, 0.29) is 5.82 Å². The van der Waals surface area contributed by atoms with Gasteiger partial charge in [-0.15, -0.1) is 0 Å². The Morgan fingerprint density at radius 3 is 2.71 bits per heavy atom. The fourth-order valence-electron chi connectivity index (χ4n) is 2.67. The maximum atomic E-state index is 13.7. The van der Waals surface area contributed by atoms with E-state index in [9.17, 15) is 4.39 Å². The van der Waals surface area contributed by atoms with E-state index in [1.165, 1.54) is 23.6 Å². The van der Waals surface area contributed by atoms with E-state index in [1.54, 1.807) is 12.1 Å². The van der Waals surface area contributed by atoms with Crippen LogP contribution in [0, 0.1) is 12.7 Å². The molecule has 0 saturated heterocycles. The van der Waals surface area contributed by atoms with Gasteiger partial charge in [-0.25, -0.2) is 4.39 Å². The van der Waals surface area contributed by atoms with Crippen molar-refractivity contribution in [3.8, 4) is 0 Å². The second-order valence-electron chi connectivity index (χ2n) is 5.40. The molecule has 0 saturated carbocycles. The molecule has 108 valence electrons. The smallest absolute Gasteiger partial charge is 0.175 e. The quantitative estimate of drug-likeness (QED) is 0.802. The number of rotatable bonds is 2. The van der Waals surface area contributed by atoms with Gasteiger partial charge in [-0.05, 0) is 79.4 Å². The Bertz CT molecular complexity index is 697. The van der Waals surface area contributed by atoms with Gasteiger partial charge < -0.3 is 10.6 Å². The minimum absolute atomic E-state index is 0.307. The number of aryl methyl sites for hydroxylation is 3. The fraction of sp³-hybridized carbons (Fsp3) is 0.235. The summed E-state index contributed by atoms with van der Waals surface area (Å²) in [6.45, 7) is 1.92. The molecule has 0 bridgehead atoms. The average Bonchev–Trinajstić information content (AvgIpc) is 2.90. The highest BCUT2D eigenvalue weighted by atomic mass is 32.1. The molecular formula is C17H17FN2S. The van der Waals surface area contributed by atoms with Crippen LogP contribution >= 0.6 is 12.2 Å². The Balaban J connectivity index is 1.70. The van der Waals surface area contributed by atoms with Crippen molar-refractivity contribution in [2.24, 2.45) is 0 Å². The van der Waals surface area contributed by atoms with E-state index in [0.717, 1.165) is 24.1 Å². The van der Waals surface area contributed by atoms with E-state index >= 15 is 0 Å². The Morgan fingerprint density at radius 2 is 1.86 bits per heavy atom. The van der Waals surface area contributed by atoms with Gasteiger partial charge >= 0.3 is 0 Å². The van der Waals surface area contributed by atoms with Gasteiger partial charge in [0.05, 0.1) is 5.69 Å². The molecule has 2 N–H and O–H groups in total. The summed E-state index contributed by atoms with van der Waals surface area (Å²) in [5, 5.41) is 6.43. The molecule has 0 atom stereocenters. The summed E-state index contributed by atoms with van der Waals surface area (Å²) in [4.78, 5) is 0. The molecule has 0 unspecified atom stereocenters. The third-order valence-corrected chi connectivity index (χ3v) is 3.93. The van der Waals surface area contributed by atoms with Gasteiger partial charge in [0.2, 0.25) is 0 Å². The zero-order valence-electron chi connectivity index (χ0n) is 11.9. The lowest BCUT2D eigenvalue weighted by atomic mass is 10.1. The number of halogens is 1. The number of hydrogen-bond donors (Lipinski definition) is 2. The van der Waals surface area contributed by atoms with Crippen LogP contribution in [0.2, 0.25) is 0 Å². The third-order valence-electron chi connectivity index (χ3n) is 3.73. The number of hydrogen-bond acceptors (Lipinski definition) is 1. The SMILES string of the molecule is Cc1ccc(F)c(NC(=S)Nc2ccc3c(c2)CCC3)c1. The Hall–Kier alpha value is -1.94. The lowest BCUT2D eigenvalue weighted by Gasteiger charge is -2.12. The molecule has 2 aromatic carbocycles. The molecule has 0 aliphatic heterocycles. The van der Waals surface area contributed by atoms with Crippen molar-refractivity contribution in [2.45, 2.75) is 26.2 Å². The molecule has 4 heteroatoms. The number of thiocarbonyl (C=S) groups is 1. The van der Waals surface area contributed by atoms with Crippen molar-refractivity contribution in [3.05, 3.63) is 58.9 Å². The molecule has 0 heterocycles. The van der Waals surface area contributed by atoms with E-state index in [4.69, 9.17) is 12.2 Å². The van der Waals surface area contributed by atoms with Gasteiger partial charge in [0.25, 0.3) is 0 Å². The molecule has 0 aromatic heterocycles. The number of fused-ring (bicyclic) bond motifs is 1. The van der Waals surface area contributed by atoms with Crippen LogP contribution in [0.1, 0.15) is 23.1 Å². The van der Waals surface area contributed by atoms with Crippen LogP contribution < -0.4 is 10.6 Å². The molecular weight excluding hydrogens is 283 g/mol. The van der Waals surface area contributed by atoms with Crippen LogP contribution in [-0.4, -0.2) is 5.11 Å². The largest absolute Gasteiger partial charge is 0.332 e. The molecule has 0 spiro atoms. The summed E-state index contributed by atoms with van der Waals surface area (Å²) >= 11 is 5.26. The van der Waals surface area contributed by atoms with E-state index in [0.29, 0.717) is 10.8 Å². The van der Waals surface area contributed by atoms with Gasteiger partial charge in [0, 0.05) is 5.69 Å². The zero-order valence-corrected chi connectivity index (χ0v) is 12.7. The first-order valence-electron chi connectivity index (χ1n) is 7.08. The second kappa shape index (κ2) is 5.82. The third kappa shape index (κ3) is 3.22. The second-order valence-corrected chi connectivity index (χ2v) is 5.81. The van der Waals surface area contributed by atoms with Crippen LogP contribution in [-0.2, 0) is 12.8 Å². The van der Waals surface area contributed by atoms with Gasteiger partial charge in [0.15, 0.2) is 5.11 Å². The van der Waals surface area contributed by atoms with Crippen molar-refractivity contribution >= 4 is 28.7 Å². The monoisotopic (exact) mass is 300 g/mol. The lowest BCUT2D eigenvalue weighted by Crippen LogP contribution is -2.20. The van der Waals surface area contributed by atoms with Crippen LogP contribution in [0.15, 0.2) is 36.4 Å². The summed E-state index contributed by atoms with van der Waals surface area (Å²) in [5.74, 6) is -0.307. The molecule has 1 aliphatic carbocycles. The zero-order chi connectivity index (χ0) is 14.8. The summed E-state index contributed by atoms with van der Waals surface area (Å²) in [7, 11) is 0. The summed E-state index contributed by atoms with van der Waals surface area (Å²) in [6, 6.07) is 11.2. The molecule has 2 aromatic rings. The number of anilines is 2. The standard InChI is InChI=1S/C17H17FN2S/c1-11-5-8-15(18)16(9-11)20-17(21)19-14-7-6-12-3-2-4-13(12)10-14/h5-10H,2-4H2,1H3,(H2,19,20,21). The van der Waals surface area contributed by atoms with Gasteiger partial charge in [-0.3, -0.25) is 0 Å². The predicted octanol–water partition coefficient (Wildman–Crippen LogP) is 4.43. The van der Waals surface area contributed by atoms with Gasteiger partial charge in [-0.1, -0.05) is 12.1 Å². The van der Waals surface area contributed by atoms with E-state index < -0.39 is 0 Å². The molecule has 2 nitrogen and oxygen atoms in total. The van der Waals surface area contributed by atoms with Crippen LogP contribution in [0.5, 0.6) is 0 Å². The molecule has 0 fully saturated rings. The highest BCUT2D eigenvalue weighted by molar-refractivity contribution is 7.80. The lowest BCUT2D eigenvalue weighted by molar-refractivity contribution is 0.632. The van der Waals surface area contributed by atoms with Gasteiger partial charge in [0.1, 0.15) is 5.82 Å². The highest BCUT2D eigenvalue weighted by Crippen LogP contribution is 2.25. The van der Waals surface area contributed by atoms with Crippen molar-refractivity contribution in [1.29, 1.82) is 0 Å². The minimum atomic E-state index is -0.307. The molecule has 0 radical (unpaired) electrons. The first-order chi connectivity index (χ1) is 10.1. The number of benzene rings is 2. The summed E-state index contributed by atoms with van der Waals surface area (Å²) in [6.07, 6.45) is 3.50. The fourth-order valence-corrected chi connectivity index (χ4v) is 2.90. The first kappa shape index (κ1) is 14.0. The predicted molar refractivity (Wildman–Crippen MR) is 89.4 cm³/mol. The topological polar surface area (TPSA) is 24.1 Å². The van der Waals surface area contributed by atoms with Crippen LogP contribution in [0.4, 0.5) is 15.8 Å².